The minimum atomic E-state index is 0.282. The van der Waals surface area contributed by atoms with Gasteiger partial charge in [-0.25, -0.2) is 0 Å². The van der Waals surface area contributed by atoms with E-state index in [0.717, 1.165) is 16.2 Å². The van der Waals surface area contributed by atoms with E-state index >= 15 is 0 Å². The number of nitrogens with zero attached hydrogens (tertiary/aromatic N) is 3. The lowest BCUT2D eigenvalue weighted by atomic mass is 10.8. The second-order valence-electron chi connectivity index (χ2n) is 1.54. The Labute approximate surface area is 76.2 Å². The summed E-state index contributed by atoms with van der Waals surface area (Å²) in [5, 5.41) is 13.8. The predicted octanol–water partition coefficient (Wildman–Crippen LogP) is 1.25. The summed E-state index contributed by atoms with van der Waals surface area (Å²) in [6.07, 6.45) is 3.27. The third kappa shape index (κ3) is 2.82. The normalized spacial score (nSPS) is 9.09. The molecule has 0 aliphatic heterocycles. The van der Waals surface area contributed by atoms with Gasteiger partial charge in [0.15, 0.2) is 5.94 Å². The van der Waals surface area contributed by atoms with Gasteiger partial charge in [0, 0.05) is 0 Å². The summed E-state index contributed by atoms with van der Waals surface area (Å²) in [6, 6.07) is 0. The van der Waals surface area contributed by atoms with Crippen LogP contribution in [0.2, 0.25) is 0 Å². The number of rotatable bonds is 3. The van der Waals surface area contributed by atoms with Crippen LogP contribution in [0.5, 0.6) is 0 Å². The maximum absolute atomic E-state index is 8.14. The third-order valence-corrected chi connectivity index (χ3v) is 1.60. The molecule has 0 N–H and O–H groups in total. The maximum atomic E-state index is 8.14. The highest BCUT2D eigenvalue weighted by Crippen LogP contribution is 2.05. The van der Waals surface area contributed by atoms with Gasteiger partial charge in [-0.2, -0.15) is 5.26 Å². The highest BCUT2D eigenvalue weighted by atomic mass is 79.9. The van der Waals surface area contributed by atoms with Crippen LogP contribution in [0.4, 0.5) is 0 Å². The van der Waals surface area contributed by atoms with Crippen molar-refractivity contribution in [3.63, 3.8) is 0 Å². The number of aromatic nitrogens is 2. The van der Waals surface area contributed by atoms with Crippen LogP contribution in [0, 0.1) is 10.7 Å². The first-order valence-corrected chi connectivity index (χ1v) is 4.45. The molecule has 0 unspecified atom stereocenters. The molecule has 1 heterocycles. The van der Waals surface area contributed by atoms with Crippen molar-refractivity contribution in [2.24, 2.45) is 0 Å². The fourth-order valence-electron chi connectivity index (χ4n) is 0.462. The largest absolute Gasteiger partial charge is 0.385 e. The minimum absolute atomic E-state index is 0.282. The molecule has 1 aromatic heterocycles. The van der Waals surface area contributed by atoms with E-state index in [4.69, 9.17) is 10.1 Å². The monoisotopic (exact) mass is 233 g/mol. The summed E-state index contributed by atoms with van der Waals surface area (Å²) >= 11 is 4.23. The Morgan fingerprint density at radius 2 is 2.73 bits per heavy atom. The molecule has 0 saturated carbocycles. The van der Waals surface area contributed by atoms with Crippen molar-refractivity contribution in [1.82, 2.24) is 9.94 Å². The molecule has 0 fully saturated rings. The lowest BCUT2D eigenvalue weighted by Gasteiger charge is -1.98. The fraction of sp³-hybridized carbons (Fsp3) is 0.200. The van der Waals surface area contributed by atoms with E-state index in [1.54, 1.807) is 12.4 Å². The molecule has 0 amide bonds. The number of nitriles is 1. The molecule has 11 heavy (non-hydrogen) atoms. The van der Waals surface area contributed by atoms with Crippen LogP contribution in [0.25, 0.3) is 0 Å². The zero-order valence-corrected chi connectivity index (χ0v) is 7.80. The van der Waals surface area contributed by atoms with E-state index in [0.29, 0.717) is 0 Å². The van der Waals surface area contributed by atoms with Crippen molar-refractivity contribution in [2.75, 3.05) is 5.94 Å². The molecule has 6 heteroatoms. The second kappa shape index (κ2) is 4.26. The summed E-state index contributed by atoms with van der Waals surface area (Å²) in [5.74, 6) is 0.282. The number of thiocyanates is 1. The van der Waals surface area contributed by atoms with Crippen molar-refractivity contribution < 1.29 is 4.84 Å². The number of halogens is 1. The smallest absolute Gasteiger partial charge is 0.176 e. The van der Waals surface area contributed by atoms with Gasteiger partial charge in [-0.15, -0.1) is 9.94 Å². The summed E-state index contributed by atoms with van der Waals surface area (Å²) in [4.78, 5) is 6.28. The molecule has 1 rings (SSSR count). The van der Waals surface area contributed by atoms with Crippen LogP contribution < -0.4 is 4.84 Å². The van der Waals surface area contributed by atoms with Crippen molar-refractivity contribution in [3.05, 3.63) is 16.9 Å². The second-order valence-corrected chi connectivity index (χ2v) is 3.17. The Bertz CT molecular complexity index is 269. The van der Waals surface area contributed by atoms with E-state index < -0.39 is 0 Å². The average molecular weight is 234 g/mol. The summed E-state index contributed by atoms with van der Waals surface area (Å²) in [6.45, 7) is 0. The molecule has 58 valence electrons. The Kier molecular flexibility index (Phi) is 3.26. The van der Waals surface area contributed by atoms with Crippen LogP contribution in [0.15, 0.2) is 16.9 Å². The fourth-order valence-corrected chi connectivity index (χ4v) is 0.942. The van der Waals surface area contributed by atoms with Gasteiger partial charge in [-0.05, 0) is 27.7 Å². The Morgan fingerprint density at radius 3 is 3.27 bits per heavy atom. The zero-order valence-electron chi connectivity index (χ0n) is 5.40. The quantitative estimate of drug-likeness (QED) is 0.448. The molecule has 1 aromatic rings. The van der Waals surface area contributed by atoms with Gasteiger partial charge in [0.25, 0.3) is 0 Å². The molecule has 0 aliphatic carbocycles. The molecular formula is C5H4BrN3OS. The molecule has 4 nitrogen and oxygen atoms in total. The van der Waals surface area contributed by atoms with E-state index in [1.807, 2.05) is 5.40 Å². The SMILES string of the molecule is N#CSCOn1cc(Br)cn1. The average Bonchev–Trinajstić information content (AvgIpc) is 2.37. The van der Waals surface area contributed by atoms with Crippen molar-refractivity contribution >= 4 is 27.7 Å². The third-order valence-electron chi connectivity index (χ3n) is 0.837. The number of hydrogen-bond acceptors (Lipinski definition) is 4. The van der Waals surface area contributed by atoms with Crippen LogP contribution in [-0.2, 0) is 0 Å². The van der Waals surface area contributed by atoms with E-state index in [1.165, 1.54) is 4.85 Å². The molecule has 0 saturated heterocycles. The minimum Gasteiger partial charge on any atom is -0.385 e. The van der Waals surface area contributed by atoms with Gasteiger partial charge in [-0.1, -0.05) is 0 Å². The van der Waals surface area contributed by atoms with Gasteiger partial charge >= 0.3 is 0 Å². The van der Waals surface area contributed by atoms with Crippen LogP contribution in [0.3, 0.4) is 0 Å². The van der Waals surface area contributed by atoms with Crippen molar-refractivity contribution in [3.8, 4) is 5.40 Å². The standard InChI is InChI=1S/C5H4BrN3OS/c6-5-1-8-9(2-5)10-4-11-3-7/h1-2H,4H2. The van der Waals surface area contributed by atoms with Gasteiger partial charge in [-0.3, -0.25) is 0 Å². The van der Waals surface area contributed by atoms with Crippen LogP contribution in [0.1, 0.15) is 0 Å². The van der Waals surface area contributed by atoms with Crippen molar-refractivity contribution in [2.45, 2.75) is 0 Å². The first-order chi connectivity index (χ1) is 5.33. The molecule has 0 atom stereocenters. The molecule has 0 spiro atoms. The van der Waals surface area contributed by atoms with E-state index in [2.05, 4.69) is 21.0 Å². The molecule has 0 bridgehead atoms. The summed E-state index contributed by atoms with van der Waals surface area (Å²) in [7, 11) is 0. The Morgan fingerprint density at radius 1 is 1.91 bits per heavy atom. The number of thioether (sulfide) groups is 1. The van der Waals surface area contributed by atoms with Gasteiger partial charge < -0.3 is 4.84 Å². The summed E-state index contributed by atoms with van der Waals surface area (Å²) < 4.78 is 0.847. The number of hydrogen-bond donors (Lipinski definition) is 0. The predicted molar refractivity (Wildman–Crippen MR) is 44.6 cm³/mol. The zero-order chi connectivity index (χ0) is 8.10. The molecule has 0 aromatic carbocycles. The maximum Gasteiger partial charge on any atom is 0.176 e. The molecular weight excluding hydrogens is 230 g/mol. The van der Waals surface area contributed by atoms with Gasteiger partial charge in [0.05, 0.1) is 16.9 Å². The Hall–Kier alpha value is -0.670. The van der Waals surface area contributed by atoms with Crippen LogP contribution >= 0.6 is 27.7 Å². The first-order valence-electron chi connectivity index (χ1n) is 2.67. The Balaban J connectivity index is 2.34. The first kappa shape index (κ1) is 8.43. The van der Waals surface area contributed by atoms with E-state index in [-0.39, 0.29) is 5.94 Å². The van der Waals surface area contributed by atoms with Crippen LogP contribution in [-0.4, -0.2) is 15.9 Å². The molecule has 0 aliphatic rings. The lowest BCUT2D eigenvalue weighted by molar-refractivity contribution is 0.121. The lowest BCUT2D eigenvalue weighted by Crippen LogP contribution is -2.10. The van der Waals surface area contributed by atoms with Gasteiger partial charge in [0.1, 0.15) is 5.40 Å². The highest BCUT2D eigenvalue weighted by Gasteiger charge is 1.93. The summed E-state index contributed by atoms with van der Waals surface area (Å²) in [5.41, 5.74) is 0. The highest BCUT2D eigenvalue weighted by molar-refractivity contribution is 9.10. The topological polar surface area (TPSA) is 50.8 Å². The van der Waals surface area contributed by atoms with Gasteiger partial charge in [0.2, 0.25) is 0 Å². The molecule has 0 radical (unpaired) electrons. The van der Waals surface area contributed by atoms with Crippen molar-refractivity contribution in [1.29, 1.82) is 5.26 Å². The van der Waals surface area contributed by atoms with E-state index in [9.17, 15) is 0 Å².